The largest absolute Gasteiger partial charge is 0.376 e. The predicted octanol–water partition coefficient (Wildman–Crippen LogP) is 1.12. The molecular weight excluding hydrogens is 214 g/mol. The van der Waals surface area contributed by atoms with E-state index in [-0.39, 0.29) is 5.91 Å². The number of anilines is 1. The number of hydrogen-bond acceptors (Lipinski definition) is 3. The van der Waals surface area contributed by atoms with Crippen molar-refractivity contribution < 1.29 is 4.79 Å². The molecule has 1 amide bonds. The fourth-order valence-corrected chi connectivity index (χ4v) is 1.34. The Labute approximate surface area is 103 Å². The van der Waals surface area contributed by atoms with E-state index in [0.717, 1.165) is 18.8 Å². The van der Waals surface area contributed by atoms with Crippen LogP contribution in [0.15, 0.2) is 30.3 Å². The number of carbonyl (C=O) groups is 1. The second-order valence-corrected chi connectivity index (χ2v) is 4.34. The Morgan fingerprint density at radius 1 is 1.12 bits per heavy atom. The van der Waals surface area contributed by atoms with Crippen molar-refractivity contribution in [3.05, 3.63) is 30.3 Å². The first-order valence-electron chi connectivity index (χ1n) is 5.77. The van der Waals surface area contributed by atoms with Gasteiger partial charge in [-0.15, -0.1) is 0 Å². The van der Waals surface area contributed by atoms with Crippen LogP contribution in [-0.2, 0) is 4.79 Å². The van der Waals surface area contributed by atoms with Crippen molar-refractivity contribution in [1.82, 2.24) is 9.80 Å². The molecule has 0 saturated carbocycles. The lowest BCUT2D eigenvalue weighted by Crippen LogP contribution is -2.36. The molecule has 1 aromatic rings. The molecule has 4 nitrogen and oxygen atoms in total. The van der Waals surface area contributed by atoms with Crippen molar-refractivity contribution in [3.8, 4) is 0 Å². The summed E-state index contributed by atoms with van der Waals surface area (Å²) in [5.41, 5.74) is 0.974. The third-order valence-electron chi connectivity index (χ3n) is 2.53. The van der Waals surface area contributed by atoms with Gasteiger partial charge in [-0.3, -0.25) is 4.79 Å². The van der Waals surface area contributed by atoms with Crippen molar-refractivity contribution in [3.63, 3.8) is 0 Å². The molecule has 1 rings (SSSR count). The number of likely N-dealkylation sites (N-methyl/N-ethyl adjacent to an activating group) is 2. The first kappa shape index (κ1) is 13.5. The van der Waals surface area contributed by atoms with Crippen LogP contribution in [0.1, 0.15) is 0 Å². The summed E-state index contributed by atoms with van der Waals surface area (Å²) in [6, 6.07) is 9.75. The minimum atomic E-state index is 0.107. The van der Waals surface area contributed by atoms with Gasteiger partial charge >= 0.3 is 0 Å². The van der Waals surface area contributed by atoms with E-state index in [1.54, 1.807) is 4.90 Å². The van der Waals surface area contributed by atoms with Crippen molar-refractivity contribution in [1.29, 1.82) is 0 Å². The number of benzene rings is 1. The van der Waals surface area contributed by atoms with Crippen molar-refractivity contribution in [2.45, 2.75) is 0 Å². The molecule has 0 aliphatic rings. The molecule has 0 spiro atoms. The molecule has 0 aliphatic carbocycles. The Morgan fingerprint density at radius 3 is 2.35 bits per heavy atom. The van der Waals surface area contributed by atoms with Gasteiger partial charge in [0, 0.05) is 25.8 Å². The molecule has 0 atom stereocenters. The highest BCUT2D eigenvalue weighted by Gasteiger charge is 2.07. The molecule has 17 heavy (non-hydrogen) atoms. The summed E-state index contributed by atoms with van der Waals surface area (Å²) >= 11 is 0. The minimum Gasteiger partial charge on any atom is -0.376 e. The highest BCUT2D eigenvalue weighted by atomic mass is 16.2. The highest BCUT2D eigenvalue weighted by molar-refractivity contribution is 5.80. The molecule has 94 valence electrons. The molecule has 0 radical (unpaired) electrons. The fraction of sp³-hybridized carbons (Fsp3) is 0.462. The van der Waals surface area contributed by atoms with E-state index in [4.69, 9.17) is 0 Å². The molecule has 1 aromatic carbocycles. The predicted molar refractivity (Wildman–Crippen MR) is 71.1 cm³/mol. The third kappa shape index (κ3) is 5.36. The number of nitrogens with one attached hydrogen (secondary N) is 1. The van der Waals surface area contributed by atoms with Crippen LogP contribution in [0.2, 0.25) is 0 Å². The second kappa shape index (κ2) is 6.91. The van der Waals surface area contributed by atoms with Crippen molar-refractivity contribution >= 4 is 11.6 Å². The van der Waals surface area contributed by atoms with E-state index >= 15 is 0 Å². The summed E-state index contributed by atoms with van der Waals surface area (Å²) in [6.45, 7) is 1.98. The van der Waals surface area contributed by atoms with Gasteiger partial charge in [0.25, 0.3) is 0 Å². The maximum absolute atomic E-state index is 11.8. The van der Waals surface area contributed by atoms with E-state index in [0.29, 0.717) is 6.54 Å². The number of rotatable bonds is 6. The van der Waals surface area contributed by atoms with Crippen LogP contribution in [0.3, 0.4) is 0 Å². The number of carbonyl (C=O) groups excluding carboxylic acids is 1. The zero-order valence-corrected chi connectivity index (χ0v) is 10.8. The van der Waals surface area contributed by atoms with Crippen LogP contribution >= 0.6 is 0 Å². The smallest absolute Gasteiger partial charge is 0.241 e. The van der Waals surface area contributed by atoms with Gasteiger partial charge in [0.1, 0.15) is 0 Å². The van der Waals surface area contributed by atoms with Gasteiger partial charge in [-0.2, -0.15) is 0 Å². The Bertz CT molecular complexity index is 338. The number of para-hydroxylation sites is 1. The van der Waals surface area contributed by atoms with Gasteiger partial charge in [0.2, 0.25) is 5.91 Å². The SMILES string of the molecule is CN(C)CCN(C)C(=O)CNc1ccccc1. The maximum atomic E-state index is 11.8. The van der Waals surface area contributed by atoms with Gasteiger partial charge in [-0.25, -0.2) is 0 Å². The van der Waals surface area contributed by atoms with Crippen LogP contribution in [0, 0.1) is 0 Å². The lowest BCUT2D eigenvalue weighted by Gasteiger charge is -2.20. The van der Waals surface area contributed by atoms with Gasteiger partial charge < -0.3 is 15.1 Å². The Balaban J connectivity index is 2.29. The van der Waals surface area contributed by atoms with Crippen LogP contribution < -0.4 is 5.32 Å². The lowest BCUT2D eigenvalue weighted by molar-refractivity contribution is -0.128. The maximum Gasteiger partial charge on any atom is 0.241 e. The van der Waals surface area contributed by atoms with Gasteiger partial charge in [0.05, 0.1) is 6.54 Å². The molecule has 0 bridgehead atoms. The topological polar surface area (TPSA) is 35.6 Å². The molecule has 0 fully saturated rings. The zero-order chi connectivity index (χ0) is 12.7. The average molecular weight is 235 g/mol. The van der Waals surface area contributed by atoms with Crippen LogP contribution in [0.4, 0.5) is 5.69 Å². The van der Waals surface area contributed by atoms with Gasteiger partial charge in [-0.1, -0.05) is 18.2 Å². The first-order chi connectivity index (χ1) is 8.09. The molecule has 0 aromatic heterocycles. The number of amides is 1. The van der Waals surface area contributed by atoms with Gasteiger partial charge in [-0.05, 0) is 26.2 Å². The minimum absolute atomic E-state index is 0.107. The molecule has 0 unspecified atom stereocenters. The average Bonchev–Trinajstić information content (AvgIpc) is 2.34. The third-order valence-corrected chi connectivity index (χ3v) is 2.53. The van der Waals surface area contributed by atoms with Crippen LogP contribution in [0.5, 0.6) is 0 Å². The highest BCUT2D eigenvalue weighted by Crippen LogP contribution is 2.04. The zero-order valence-electron chi connectivity index (χ0n) is 10.8. The summed E-state index contributed by atoms with van der Waals surface area (Å²) in [6.07, 6.45) is 0. The summed E-state index contributed by atoms with van der Waals surface area (Å²) in [5.74, 6) is 0.107. The van der Waals surface area contributed by atoms with Crippen LogP contribution in [-0.4, -0.2) is 56.5 Å². The van der Waals surface area contributed by atoms with Crippen molar-refractivity contribution in [2.75, 3.05) is 46.1 Å². The normalized spacial score (nSPS) is 10.4. The van der Waals surface area contributed by atoms with E-state index in [1.165, 1.54) is 0 Å². The Hall–Kier alpha value is -1.55. The van der Waals surface area contributed by atoms with Crippen molar-refractivity contribution in [2.24, 2.45) is 0 Å². The van der Waals surface area contributed by atoms with Crippen LogP contribution in [0.25, 0.3) is 0 Å². The lowest BCUT2D eigenvalue weighted by atomic mass is 10.3. The quantitative estimate of drug-likeness (QED) is 0.802. The number of nitrogens with zero attached hydrogens (tertiary/aromatic N) is 2. The van der Waals surface area contributed by atoms with E-state index in [2.05, 4.69) is 10.2 Å². The van der Waals surface area contributed by atoms with E-state index < -0.39 is 0 Å². The summed E-state index contributed by atoms with van der Waals surface area (Å²) in [5, 5.41) is 3.11. The molecule has 0 saturated heterocycles. The monoisotopic (exact) mass is 235 g/mol. The summed E-state index contributed by atoms with van der Waals surface area (Å²) in [7, 11) is 5.83. The molecule has 4 heteroatoms. The number of hydrogen-bond donors (Lipinski definition) is 1. The molecule has 0 heterocycles. The molecular formula is C13H21N3O. The second-order valence-electron chi connectivity index (χ2n) is 4.34. The molecule has 0 aliphatic heterocycles. The van der Waals surface area contributed by atoms with E-state index in [1.807, 2.05) is 51.5 Å². The Kier molecular flexibility index (Phi) is 5.49. The Morgan fingerprint density at radius 2 is 1.76 bits per heavy atom. The standard InChI is InChI=1S/C13H21N3O/c1-15(2)9-10-16(3)13(17)11-14-12-7-5-4-6-8-12/h4-8,14H,9-11H2,1-3H3. The van der Waals surface area contributed by atoms with Gasteiger partial charge in [0.15, 0.2) is 0 Å². The summed E-state index contributed by atoms with van der Waals surface area (Å²) in [4.78, 5) is 15.6. The summed E-state index contributed by atoms with van der Waals surface area (Å²) < 4.78 is 0. The first-order valence-corrected chi connectivity index (χ1v) is 5.77. The fourth-order valence-electron chi connectivity index (χ4n) is 1.34. The van der Waals surface area contributed by atoms with E-state index in [9.17, 15) is 4.79 Å². The molecule has 1 N–H and O–H groups in total.